The third kappa shape index (κ3) is 3.47. The highest BCUT2D eigenvalue weighted by Gasteiger charge is 2.21. The van der Waals surface area contributed by atoms with E-state index in [-0.39, 0.29) is 5.91 Å². The van der Waals surface area contributed by atoms with Crippen LogP contribution < -0.4 is 15.0 Å². The van der Waals surface area contributed by atoms with E-state index in [9.17, 15) is 4.79 Å². The number of hydrogen-bond donors (Lipinski definition) is 1. The Labute approximate surface area is 114 Å². The van der Waals surface area contributed by atoms with E-state index >= 15 is 0 Å². The van der Waals surface area contributed by atoms with Crippen molar-refractivity contribution in [3.63, 3.8) is 0 Å². The van der Waals surface area contributed by atoms with Crippen LogP contribution in [-0.2, 0) is 4.79 Å². The van der Waals surface area contributed by atoms with Gasteiger partial charge in [-0.3, -0.25) is 4.79 Å². The number of piperidine rings is 1. The molecule has 1 heterocycles. The average Bonchev–Trinajstić information content (AvgIpc) is 2.47. The lowest BCUT2D eigenvalue weighted by atomic mass is 9.94. The zero-order valence-corrected chi connectivity index (χ0v) is 11.7. The Morgan fingerprint density at radius 3 is 2.74 bits per heavy atom. The maximum Gasteiger partial charge on any atom is 0.227 e. The van der Waals surface area contributed by atoms with Gasteiger partial charge in [-0.1, -0.05) is 12.1 Å². The summed E-state index contributed by atoms with van der Waals surface area (Å²) in [6.07, 6.45) is 2.80. The molecule has 0 spiro atoms. The van der Waals surface area contributed by atoms with Crippen LogP contribution in [0.4, 0.5) is 5.69 Å². The molecule has 19 heavy (non-hydrogen) atoms. The smallest absolute Gasteiger partial charge is 0.227 e. The number of amides is 1. The maximum absolute atomic E-state index is 12.3. The number of hydrogen-bond acceptors (Lipinski definition) is 3. The molecule has 1 aliphatic heterocycles. The van der Waals surface area contributed by atoms with E-state index in [1.165, 1.54) is 0 Å². The summed E-state index contributed by atoms with van der Waals surface area (Å²) in [5.41, 5.74) is 0.837. The Kier molecular flexibility index (Phi) is 4.80. The van der Waals surface area contributed by atoms with Gasteiger partial charge in [0.25, 0.3) is 0 Å². The molecule has 1 fully saturated rings. The molecule has 4 nitrogen and oxygen atoms in total. The Hall–Kier alpha value is -1.55. The second-order valence-corrected chi connectivity index (χ2v) is 5.02. The molecule has 2 rings (SSSR count). The molecule has 0 saturated carbocycles. The van der Waals surface area contributed by atoms with Crippen molar-refractivity contribution < 1.29 is 9.53 Å². The minimum absolute atomic E-state index is 0.163. The average molecular weight is 262 g/mol. The molecule has 4 heteroatoms. The van der Waals surface area contributed by atoms with E-state index in [1.54, 1.807) is 12.0 Å². The summed E-state index contributed by atoms with van der Waals surface area (Å²) in [5, 5.41) is 3.32. The number of ether oxygens (including phenoxy) is 1. The standard InChI is InChI=1S/C15H22N2O2/c1-17(13-5-3-4-6-14(13)19-2)15(18)11-12-7-9-16-10-8-12/h3-6,12,16H,7-11H2,1-2H3. The summed E-state index contributed by atoms with van der Waals surface area (Å²) >= 11 is 0. The Morgan fingerprint density at radius 2 is 2.05 bits per heavy atom. The lowest BCUT2D eigenvalue weighted by Crippen LogP contribution is -2.33. The number of nitrogens with one attached hydrogen (secondary N) is 1. The highest BCUT2D eigenvalue weighted by atomic mass is 16.5. The zero-order valence-electron chi connectivity index (χ0n) is 11.7. The fraction of sp³-hybridized carbons (Fsp3) is 0.533. The number of rotatable bonds is 4. The third-order valence-electron chi connectivity index (χ3n) is 3.74. The van der Waals surface area contributed by atoms with E-state index in [4.69, 9.17) is 4.74 Å². The van der Waals surface area contributed by atoms with Gasteiger partial charge in [-0.25, -0.2) is 0 Å². The number of carbonyl (C=O) groups excluding carboxylic acids is 1. The molecule has 1 aliphatic rings. The predicted octanol–water partition coefficient (Wildman–Crippen LogP) is 2.05. The van der Waals surface area contributed by atoms with Crippen LogP contribution in [0.25, 0.3) is 0 Å². The van der Waals surface area contributed by atoms with Crippen molar-refractivity contribution in [3.05, 3.63) is 24.3 Å². The summed E-state index contributed by atoms with van der Waals surface area (Å²) in [7, 11) is 3.45. The highest BCUT2D eigenvalue weighted by molar-refractivity contribution is 5.94. The lowest BCUT2D eigenvalue weighted by molar-refractivity contribution is -0.119. The largest absolute Gasteiger partial charge is 0.495 e. The SMILES string of the molecule is COc1ccccc1N(C)C(=O)CC1CCNCC1. The van der Waals surface area contributed by atoms with Gasteiger partial charge in [0.05, 0.1) is 12.8 Å². The van der Waals surface area contributed by atoms with Crippen molar-refractivity contribution in [2.24, 2.45) is 5.92 Å². The molecule has 1 aromatic rings. The van der Waals surface area contributed by atoms with Gasteiger partial charge < -0.3 is 15.0 Å². The summed E-state index contributed by atoms with van der Waals surface area (Å²) in [6.45, 7) is 2.05. The first-order valence-corrected chi connectivity index (χ1v) is 6.82. The van der Waals surface area contributed by atoms with Crippen LogP contribution in [0.5, 0.6) is 5.75 Å². The van der Waals surface area contributed by atoms with Gasteiger partial charge in [0.1, 0.15) is 5.75 Å². The molecule has 0 unspecified atom stereocenters. The molecule has 0 radical (unpaired) electrons. The highest BCUT2D eigenvalue weighted by Crippen LogP contribution is 2.28. The minimum Gasteiger partial charge on any atom is -0.495 e. The Morgan fingerprint density at radius 1 is 1.37 bits per heavy atom. The van der Waals surface area contributed by atoms with Crippen molar-refractivity contribution in [1.82, 2.24) is 5.32 Å². The van der Waals surface area contributed by atoms with Gasteiger partial charge in [0.2, 0.25) is 5.91 Å². The second-order valence-electron chi connectivity index (χ2n) is 5.02. The fourth-order valence-corrected chi connectivity index (χ4v) is 2.51. The molecular weight excluding hydrogens is 240 g/mol. The summed E-state index contributed by atoms with van der Waals surface area (Å²) in [4.78, 5) is 14.0. The van der Waals surface area contributed by atoms with Gasteiger partial charge in [-0.2, -0.15) is 0 Å². The summed E-state index contributed by atoms with van der Waals surface area (Å²) < 4.78 is 5.30. The molecule has 0 bridgehead atoms. The predicted molar refractivity (Wildman–Crippen MR) is 76.6 cm³/mol. The topological polar surface area (TPSA) is 41.6 Å². The lowest BCUT2D eigenvalue weighted by Gasteiger charge is -2.25. The van der Waals surface area contributed by atoms with E-state index in [0.29, 0.717) is 12.3 Å². The van der Waals surface area contributed by atoms with Crippen molar-refractivity contribution >= 4 is 11.6 Å². The van der Waals surface area contributed by atoms with Gasteiger partial charge >= 0.3 is 0 Å². The first-order valence-electron chi connectivity index (χ1n) is 6.82. The van der Waals surface area contributed by atoms with Crippen LogP contribution in [0, 0.1) is 5.92 Å². The van der Waals surface area contributed by atoms with Crippen molar-refractivity contribution in [2.45, 2.75) is 19.3 Å². The Bertz CT molecular complexity index is 428. The molecule has 0 atom stereocenters. The Balaban J connectivity index is 2.01. The van der Waals surface area contributed by atoms with Crippen LogP contribution in [0.3, 0.4) is 0 Å². The number of para-hydroxylation sites is 2. The zero-order chi connectivity index (χ0) is 13.7. The third-order valence-corrected chi connectivity index (χ3v) is 3.74. The van der Waals surface area contributed by atoms with Crippen LogP contribution in [0.1, 0.15) is 19.3 Å². The molecule has 1 aromatic carbocycles. The van der Waals surface area contributed by atoms with Crippen molar-refractivity contribution in [1.29, 1.82) is 0 Å². The monoisotopic (exact) mass is 262 g/mol. The quantitative estimate of drug-likeness (QED) is 0.903. The van der Waals surface area contributed by atoms with Crippen LogP contribution in [-0.4, -0.2) is 33.2 Å². The van der Waals surface area contributed by atoms with E-state index < -0.39 is 0 Å². The molecule has 1 amide bonds. The number of carbonyl (C=O) groups is 1. The van der Waals surface area contributed by atoms with Gasteiger partial charge in [0.15, 0.2) is 0 Å². The normalized spacial score (nSPS) is 16.1. The van der Waals surface area contributed by atoms with Gasteiger partial charge in [-0.05, 0) is 44.0 Å². The number of anilines is 1. The number of nitrogens with zero attached hydrogens (tertiary/aromatic N) is 1. The molecule has 0 aromatic heterocycles. The summed E-state index contributed by atoms with van der Waals surface area (Å²) in [6, 6.07) is 7.63. The maximum atomic E-state index is 12.3. The minimum atomic E-state index is 0.163. The van der Waals surface area contributed by atoms with Crippen LogP contribution in [0.15, 0.2) is 24.3 Å². The van der Waals surface area contributed by atoms with Gasteiger partial charge in [0, 0.05) is 13.5 Å². The second kappa shape index (κ2) is 6.57. The van der Waals surface area contributed by atoms with Crippen molar-refractivity contribution in [3.8, 4) is 5.75 Å². The van der Waals surface area contributed by atoms with E-state index in [1.807, 2.05) is 31.3 Å². The molecular formula is C15H22N2O2. The first-order chi connectivity index (χ1) is 9.22. The van der Waals surface area contributed by atoms with Crippen molar-refractivity contribution in [2.75, 3.05) is 32.1 Å². The van der Waals surface area contributed by atoms with Gasteiger partial charge in [-0.15, -0.1) is 0 Å². The van der Waals surface area contributed by atoms with Crippen LogP contribution in [0.2, 0.25) is 0 Å². The summed E-state index contributed by atoms with van der Waals surface area (Å²) in [5.74, 6) is 1.41. The molecule has 104 valence electrons. The van der Waals surface area contributed by atoms with E-state index in [2.05, 4.69) is 5.32 Å². The molecule has 1 N–H and O–H groups in total. The number of benzene rings is 1. The molecule has 1 saturated heterocycles. The fourth-order valence-electron chi connectivity index (χ4n) is 2.51. The first kappa shape index (κ1) is 13.9. The number of methoxy groups -OCH3 is 1. The van der Waals surface area contributed by atoms with E-state index in [0.717, 1.165) is 37.4 Å². The van der Waals surface area contributed by atoms with Crippen LogP contribution >= 0.6 is 0 Å². The molecule has 0 aliphatic carbocycles.